The molecule has 0 saturated heterocycles. The van der Waals surface area contributed by atoms with Crippen molar-refractivity contribution < 1.29 is 4.79 Å². The average molecular weight is 244 g/mol. The number of nitrogens with two attached hydrogens (primary N) is 1. The summed E-state index contributed by atoms with van der Waals surface area (Å²) in [6.07, 6.45) is 3.12. The second kappa shape index (κ2) is 5.46. The number of aromatic nitrogens is 2. The van der Waals surface area contributed by atoms with Crippen molar-refractivity contribution in [3.63, 3.8) is 0 Å². The topological polar surface area (TPSA) is 75.0 Å². The van der Waals surface area contributed by atoms with Gasteiger partial charge in [-0.1, -0.05) is 24.3 Å². The van der Waals surface area contributed by atoms with Gasteiger partial charge in [0.2, 0.25) is 0 Å². The molecule has 0 unspecified atom stereocenters. The molecule has 0 aliphatic heterocycles. The van der Waals surface area contributed by atoms with E-state index in [0.717, 1.165) is 11.1 Å². The summed E-state index contributed by atoms with van der Waals surface area (Å²) in [5.74, 6) is -0.0538. The number of rotatable bonds is 4. The lowest BCUT2D eigenvalue weighted by atomic mass is 10.1. The van der Waals surface area contributed by atoms with Gasteiger partial charge < -0.3 is 10.6 Å². The molecule has 0 saturated carbocycles. The molecule has 5 heteroatoms. The van der Waals surface area contributed by atoms with Gasteiger partial charge in [0.1, 0.15) is 0 Å². The third kappa shape index (κ3) is 2.75. The molecule has 2 aromatic rings. The van der Waals surface area contributed by atoms with E-state index in [1.54, 1.807) is 18.1 Å². The van der Waals surface area contributed by atoms with Gasteiger partial charge in [-0.2, -0.15) is 5.10 Å². The van der Waals surface area contributed by atoms with Crippen LogP contribution in [-0.2, 0) is 13.1 Å². The molecule has 0 aliphatic carbocycles. The Hall–Kier alpha value is -2.14. The molecule has 18 heavy (non-hydrogen) atoms. The van der Waals surface area contributed by atoms with Gasteiger partial charge in [0.25, 0.3) is 5.91 Å². The van der Waals surface area contributed by atoms with Crippen LogP contribution in [0.4, 0.5) is 0 Å². The Balaban J connectivity index is 2.06. The van der Waals surface area contributed by atoms with Crippen molar-refractivity contribution in [2.24, 2.45) is 5.73 Å². The number of amides is 1. The Morgan fingerprint density at radius 3 is 2.89 bits per heavy atom. The van der Waals surface area contributed by atoms with Crippen LogP contribution in [0, 0.1) is 0 Å². The third-order valence-electron chi connectivity index (χ3n) is 2.74. The lowest BCUT2D eigenvalue weighted by Crippen LogP contribution is -2.25. The number of benzene rings is 1. The second-order valence-electron chi connectivity index (χ2n) is 4.17. The van der Waals surface area contributed by atoms with Crippen LogP contribution in [0.25, 0.3) is 0 Å². The van der Waals surface area contributed by atoms with Crippen LogP contribution >= 0.6 is 0 Å². The van der Waals surface area contributed by atoms with Gasteiger partial charge in [0, 0.05) is 26.3 Å². The van der Waals surface area contributed by atoms with Gasteiger partial charge in [-0.15, -0.1) is 0 Å². The highest BCUT2D eigenvalue weighted by Crippen LogP contribution is 2.09. The number of carbonyl (C=O) groups is 1. The fraction of sp³-hybridized carbons (Fsp3) is 0.231. The first-order chi connectivity index (χ1) is 8.70. The Labute approximate surface area is 106 Å². The van der Waals surface area contributed by atoms with Crippen molar-refractivity contribution in [2.75, 3.05) is 7.05 Å². The smallest absolute Gasteiger partial charge is 0.257 e. The molecule has 0 bridgehead atoms. The van der Waals surface area contributed by atoms with E-state index in [-0.39, 0.29) is 5.91 Å². The van der Waals surface area contributed by atoms with Gasteiger partial charge in [-0.05, 0) is 11.1 Å². The van der Waals surface area contributed by atoms with E-state index in [0.29, 0.717) is 18.7 Å². The molecule has 5 nitrogen and oxygen atoms in total. The predicted octanol–water partition coefficient (Wildman–Crippen LogP) is 1.14. The van der Waals surface area contributed by atoms with Crippen LogP contribution in [0.2, 0.25) is 0 Å². The molecular weight excluding hydrogens is 228 g/mol. The molecule has 1 aromatic carbocycles. The van der Waals surface area contributed by atoms with Crippen LogP contribution in [-0.4, -0.2) is 28.1 Å². The molecule has 1 aromatic heterocycles. The van der Waals surface area contributed by atoms with Gasteiger partial charge in [-0.25, -0.2) is 0 Å². The normalized spacial score (nSPS) is 10.3. The molecule has 0 radical (unpaired) electrons. The second-order valence-corrected chi connectivity index (χ2v) is 4.17. The summed E-state index contributed by atoms with van der Waals surface area (Å²) < 4.78 is 0. The minimum atomic E-state index is -0.0538. The predicted molar refractivity (Wildman–Crippen MR) is 68.7 cm³/mol. The Kier molecular flexibility index (Phi) is 3.74. The largest absolute Gasteiger partial charge is 0.337 e. The maximum atomic E-state index is 12.0. The zero-order valence-corrected chi connectivity index (χ0v) is 10.3. The highest BCUT2D eigenvalue weighted by molar-refractivity contribution is 5.93. The monoisotopic (exact) mass is 244 g/mol. The summed E-state index contributed by atoms with van der Waals surface area (Å²) in [6.45, 7) is 1.06. The number of carbonyl (C=O) groups excluding carboxylic acids is 1. The highest BCUT2D eigenvalue weighted by Gasteiger charge is 2.12. The van der Waals surface area contributed by atoms with Crippen LogP contribution in [0.1, 0.15) is 21.5 Å². The molecular formula is C13H16N4O. The molecule has 0 fully saturated rings. The molecule has 0 aliphatic rings. The van der Waals surface area contributed by atoms with Gasteiger partial charge in [-0.3, -0.25) is 9.89 Å². The van der Waals surface area contributed by atoms with Gasteiger partial charge in [0.05, 0.1) is 11.8 Å². The lowest BCUT2D eigenvalue weighted by Gasteiger charge is -2.16. The molecule has 94 valence electrons. The Bertz CT molecular complexity index is 522. The number of aromatic amines is 1. The summed E-state index contributed by atoms with van der Waals surface area (Å²) in [4.78, 5) is 13.7. The summed E-state index contributed by atoms with van der Waals surface area (Å²) in [6, 6.07) is 7.92. The molecule has 2 rings (SSSR count). The van der Waals surface area contributed by atoms with E-state index < -0.39 is 0 Å². The van der Waals surface area contributed by atoms with Crippen molar-refractivity contribution >= 4 is 5.91 Å². The van der Waals surface area contributed by atoms with Crippen molar-refractivity contribution in [1.82, 2.24) is 15.1 Å². The number of hydrogen-bond donors (Lipinski definition) is 2. The van der Waals surface area contributed by atoms with E-state index in [4.69, 9.17) is 5.73 Å². The molecule has 0 spiro atoms. The van der Waals surface area contributed by atoms with Crippen LogP contribution in [0.5, 0.6) is 0 Å². The van der Waals surface area contributed by atoms with E-state index in [2.05, 4.69) is 10.2 Å². The zero-order chi connectivity index (χ0) is 13.0. The molecule has 3 N–H and O–H groups in total. The van der Waals surface area contributed by atoms with Gasteiger partial charge >= 0.3 is 0 Å². The average Bonchev–Trinajstić information content (AvgIpc) is 2.92. The standard InChI is InChI=1S/C13H16N4O/c1-17(13(18)12-7-15-16-8-12)9-11-4-2-3-10(5-11)6-14/h2-5,7-8H,6,9,14H2,1H3,(H,15,16). The van der Waals surface area contributed by atoms with Crippen molar-refractivity contribution in [1.29, 1.82) is 0 Å². The number of nitrogens with one attached hydrogen (secondary N) is 1. The van der Waals surface area contributed by atoms with E-state index in [1.165, 1.54) is 6.20 Å². The van der Waals surface area contributed by atoms with E-state index in [9.17, 15) is 4.79 Å². The minimum absolute atomic E-state index is 0.0538. The van der Waals surface area contributed by atoms with Crippen molar-refractivity contribution in [2.45, 2.75) is 13.1 Å². The quantitative estimate of drug-likeness (QED) is 0.847. The SMILES string of the molecule is CN(Cc1cccc(CN)c1)C(=O)c1cn[nH]c1. The summed E-state index contributed by atoms with van der Waals surface area (Å²) in [5.41, 5.74) is 8.29. The Morgan fingerprint density at radius 1 is 1.44 bits per heavy atom. The first kappa shape index (κ1) is 12.3. The highest BCUT2D eigenvalue weighted by atomic mass is 16.2. The first-order valence-corrected chi connectivity index (χ1v) is 5.73. The number of nitrogens with zero attached hydrogens (tertiary/aromatic N) is 2. The summed E-state index contributed by atoms with van der Waals surface area (Å²) in [5, 5.41) is 6.40. The van der Waals surface area contributed by atoms with Crippen LogP contribution < -0.4 is 5.73 Å². The van der Waals surface area contributed by atoms with Crippen LogP contribution in [0.15, 0.2) is 36.7 Å². The molecule has 1 amide bonds. The zero-order valence-electron chi connectivity index (χ0n) is 10.3. The minimum Gasteiger partial charge on any atom is -0.337 e. The molecule has 0 atom stereocenters. The maximum Gasteiger partial charge on any atom is 0.257 e. The van der Waals surface area contributed by atoms with E-state index in [1.807, 2.05) is 24.3 Å². The fourth-order valence-electron chi connectivity index (χ4n) is 1.79. The maximum absolute atomic E-state index is 12.0. The summed E-state index contributed by atoms with van der Waals surface area (Å²) >= 11 is 0. The fourth-order valence-corrected chi connectivity index (χ4v) is 1.79. The van der Waals surface area contributed by atoms with Crippen molar-refractivity contribution in [3.8, 4) is 0 Å². The number of H-pyrrole nitrogens is 1. The van der Waals surface area contributed by atoms with Gasteiger partial charge in [0.15, 0.2) is 0 Å². The third-order valence-corrected chi connectivity index (χ3v) is 2.74. The van der Waals surface area contributed by atoms with E-state index >= 15 is 0 Å². The van der Waals surface area contributed by atoms with Crippen LogP contribution in [0.3, 0.4) is 0 Å². The lowest BCUT2D eigenvalue weighted by molar-refractivity contribution is 0.0785. The summed E-state index contributed by atoms with van der Waals surface area (Å²) in [7, 11) is 1.77. The number of hydrogen-bond acceptors (Lipinski definition) is 3. The van der Waals surface area contributed by atoms with Crippen molar-refractivity contribution in [3.05, 3.63) is 53.3 Å². The first-order valence-electron chi connectivity index (χ1n) is 5.73. The molecule has 1 heterocycles. The Morgan fingerprint density at radius 2 is 2.22 bits per heavy atom.